The molecule has 1 aliphatic carbocycles. The zero-order valence-electron chi connectivity index (χ0n) is 8.64. The van der Waals surface area contributed by atoms with Crippen LogP contribution in [-0.4, -0.2) is 30.1 Å². The van der Waals surface area contributed by atoms with Crippen molar-refractivity contribution in [1.29, 1.82) is 0 Å². The van der Waals surface area contributed by atoms with E-state index in [9.17, 15) is 0 Å². The van der Waals surface area contributed by atoms with Gasteiger partial charge in [0.2, 0.25) is 0 Å². The summed E-state index contributed by atoms with van der Waals surface area (Å²) in [5, 5.41) is 0. The van der Waals surface area contributed by atoms with E-state index in [-0.39, 0.29) is 5.54 Å². The van der Waals surface area contributed by atoms with E-state index in [1.165, 1.54) is 25.7 Å². The summed E-state index contributed by atoms with van der Waals surface area (Å²) in [6, 6.07) is 0.617. The summed E-state index contributed by atoms with van der Waals surface area (Å²) < 4.78 is 0. The summed E-state index contributed by atoms with van der Waals surface area (Å²) >= 11 is 0. The fourth-order valence-corrected chi connectivity index (χ4v) is 1.92. The molecule has 2 N–H and O–H groups in total. The highest BCUT2D eigenvalue weighted by Crippen LogP contribution is 2.27. The molecule has 0 amide bonds. The number of nitrogens with zero attached hydrogens (tertiary/aromatic N) is 1. The minimum absolute atomic E-state index is 0.124. The van der Waals surface area contributed by atoms with Crippen LogP contribution in [0.4, 0.5) is 0 Å². The first-order chi connectivity index (χ1) is 5.53. The summed E-state index contributed by atoms with van der Waals surface area (Å²) in [6.45, 7) is 5.50. The van der Waals surface area contributed by atoms with Crippen molar-refractivity contribution in [2.75, 3.05) is 13.6 Å². The highest BCUT2D eigenvalue weighted by molar-refractivity contribution is 4.91. The van der Waals surface area contributed by atoms with Gasteiger partial charge in [0, 0.05) is 18.1 Å². The van der Waals surface area contributed by atoms with E-state index in [1.807, 2.05) is 0 Å². The Bertz CT molecular complexity index is 137. The Hall–Kier alpha value is -0.0800. The first-order valence-electron chi connectivity index (χ1n) is 5.03. The number of nitrogens with two attached hydrogens (primary N) is 1. The minimum atomic E-state index is 0.124. The summed E-state index contributed by atoms with van der Waals surface area (Å²) in [5.41, 5.74) is 6.38. The van der Waals surface area contributed by atoms with Gasteiger partial charge < -0.3 is 10.6 Å². The van der Waals surface area contributed by atoms with Crippen molar-refractivity contribution in [3.63, 3.8) is 0 Å². The van der Waals surface area contributed by atoms with Crippen molar-refractivity contribution in [3.8, 4) is 0 Å². The fourth-order valence-electron chi connectivity index (χ4n) is 1.92. The van der Waals surface area contributed by atoms with Gasteiger partial charge in [-0.1, -0.05) is 12.8 Å². The van der Waals surface area contributed by atoms with Crippen molar-refractivity contribution in [2.45, 2.75) is 51.1 Å². The number of hydrogen-bond acceptors (Lipinski definition) is 2. The maximum atomic E-state index is 6.26. The molecule has 1 saturated carbocycles. The molecule has 0 aromatic heterocycles. The summed E-state index contributed by atoms with van der Waals surface area (Å²) in [6.07, 6.45) is 5.07. The van der Waals surface area contributed by atoms with Crippen LogP contribution in [0.15, 0.2) is 0 Å². The normalized spacial score (nSPS) is 22.5. The van der Waals surface area contributed by atoms with E-state index in [0.29, 0.717) is 6.04 Å². The lowest BCUT2D eigenvalue weighted by Crippen LogP contribution is -2.48. The molecule has 0 aromatic rings. The minimum Gasteiger partial charge on any atom is -0.324 e. The second-order valence-corrected chi connectivity index (χ2v) is 4.58. The van der Waals surface area contributed by atoms with Gasteiger partial charge in [-0.25, -0.2) is 0 Å². The maximum Gasteiger partial charge on any atom is 0.0283 e. The Kier molecular flexibility index (Phi) is 3.13. The van der Waals surface area contributed by atoms with Gasteiger partial charge in [0.1, 0.15) is 0 Å². The van der Waals surface area contributed by atoms with Crippen LogP contribution in [0.25, 0.3) is 0 Å². The van der Waals surface area contributed by atoms with Gasteiger partial charge in [-0.05, 0) is 33.7 Å². The van der Waals surface area contributed by atoms with Crippen molar-refractivity contribution in [3.05, 3.63) is 0 Å². The molecule has 0 aromatic carbocycles. The Labute approximate surface area is 76.1 Å². The van der Waals surface area contributed by atoms with Crippen LogP contribution < -0.4 is 5.73 Å². The molecule has 0 spiro atoms. The fraction of sp³-hybridized carbons (Fsp3) is 1.00. The Morgan fingerprint density at radius 1 is 1.33 bits per heavy atom. The molecule has 0 bridgehead atoms. The lowest BCUT2D eigenvalue weighted by molar-refractivity contribution is 0.208. The molecule has 2 heteroatoms. The van der Waals surface area contributed by atoms with Crippen molar-refractivity contribution >= 4 is 0 Å². The van der Waals surface area contributed by atoms with Crippen molar-refractivity contribution < 1.29 is 0 Å². The zero-order chi connectivity index (χ0) is 9.19. The average Bonchev–Trinajstić information content (AvgIpc) is 2.35. The summed E-state index contributed by atoms with van der Waals surface area (Å²) in [7, 11) is 2.16. The van der Waals surface area contributed by atoms with Crippen molar-refractivity contribution in [2.24, 2.45) is 5.73 Å². The van der Waals surface area contributed by atoms with Crippen LogP contribution in [0.1, 0.15) is 39.5 Å². The molecule has 0 saturated heterocycles. The number of likely N-dealkylation sites (N-methyl/N-ethyl adjacent to an activating group) is 1. The maximum absolute atomic E-state index is 6.26. The molecule has 72 valence electrons. The van der Waals surface area contributed by atoms with Gasteiger partial charge in [-0.15, -0.1) is 0 Å². The molecular formula is C10H22N2. The lowest BCUT2D eigenvalue weighted by atomic mass is 9.98. The van der Waals surface area contributed by atoms with E-state index >= 15 is 0 Å². The quantitative estimate of drug-likeness (QED) is 0.697. The highest BCUT2D eigenvalue weighted by Gasteiger charge is 2.30. The third kappa shape index (κ3) is 2.46. The third-order valence-electron chi connectivity index (χ3n) is 3.05. The first kappa shape index (κ1) is 10.0. The largest absolute Gasteiger partial charge is 0.324 e. The van der Waals surface area contributed by atoms with Crippen LogP contribution >= 0.6 is 0 Å². The van der Waals surface area contributed by atoms with Gasteiger partial charge in [0.05, 0.1) is 0 Å². The number of rotatable bonds is 3. The molecular weight excluding hydrogens is 148 g/mol. The van der Waals surface area contributed by atoms with E-state index in [2.05, 4.69) is 25.8 Å². The molecule has 1 aliphatic rings. The number of hydrogen-bond donors (Lipinski definition) is 1. The van der Waals surface area contributed by atoms with E-state index < -0.39 is 0 Å². The Morgan fingerprint density at radius 2 is 1.83 bits per heavy atom. The molecule has 0 heterocycles. The van der Waals surface area contributed by atoms with Crippen LogP contribution in [0.2, 0.25) is 0 Å². The molecule has 0 radical (unpaired) electrons. The second-order valence-electron chi connectivity index (χ2n) is 4.58. The lowest BCUT2D eigenvalue weighted by Gasteiger charge is -2.32. The molecule has 1 fully saturated rings. The van der Waals surface area contributed by atoms with Crippen LogP contribution in [-0.2, 0) is 0 Å². The molecule has 0 unspecified atom stereocenters. The highest BCUT2D eigenvalue weighted by atomic mass is 15.1. The Balaban J connectivity index is 2.38. The Morgan fingerprint density at radius 3 is 2.25 bits per heavy atom. The molecule has 1 rings (SSSR count). The molecule has 2 nitrogen and oxygen atoms in total. The van der Waals surface area contributed by atoms with E-state index in [4.69, 9.17) is 5.73 Å². The summed E-state index contributed by atoms with van der Waals surface area (Å²) in [5.74, 6) is 0. The topological polar surface area (TPSA) is 29.3 Å². The molecule has 0 atom stereocenters. The summed E-state index contributed by atoms with van der Waals surface area (Å²) in [4.78, 5) is 2.35. The third-order valence-corrected chi connectivity index (χ3v) is 3.05. The molecule has 0 aliphatic heterocycles. The zero-order valence-corrected chi connectivity index (χ0v) is 8.64. The van der Waals surface area contributed by atoms with Gasteiger partial charge in [0.25, 0.3) is 0 Å². The second kappa shape index (κ2) is 3.75. The van der Waals surface area contributed by atoms with Crippen LogP contribution in [0.5, 0.6) is 0 Å². The van der Waals surface area contributed by atoms with Gasteiger partial charge in [0.15, 0.2) is 0 Å². The first-order valence-corrected chi connectivity index (χ1v) is 5.03. The smallest absolute Gasteiger partial charge is 0.0283 e. The van der Waals surface area contributed by atoms with Gasteiger partial charge in [-0.3, -0.25) is 0 Å². The average molecular weight is 170 g/mol. The van der Waals surface area contributed by atoms with Crippen LogP contribution in [0.3, 0.4) is 0 Å². The molecule has 12 heavy (non-hydrogen) atoms. The predicted molar refractivity (Wildman–Crippen MR) is 53.2 cm³/mol. The van der Waals surface area contributed by atoms with Crippen LogP contribution in [0, 0.1) is 0 Å². The standard InChI is InChI=1S/C10H22N2/c1-9(2)12(3)8-10(11)6-4-5-7-10/h9H,4-8,11H2,1-3H3. The SMILES string of the molecule is CC(C)N(C)CC1(N)CCCC1. The van der Waals surface area contributed by atoms with Crippen molar-refractivity contribution in [1.82, 2.24) is 4.90 Å². The van der Waals surface area contributed by atoms with E-state index in [0.717, 1.165) is 6.54 Å². The van der Waals surface area contributed by atoms with Gasteiger partial charge in [-0.2, -0.15) is 0 Å². The van der Waals surface area contributed by atoms with E-state index in [1.54, 1.807) is 0 Å². The predicted octanol–water partition coefficient (Wildman–Crippen LogP) is 1.60. The monoisotopic (exact) mass is 170 g/mol. The van der Waals surface area contributed by atoms with Gasteiger partial charge >= 0.3 is 0 Å².